The van der Waals surface area contributed by atoms with Crippen LogP contribution in [0.3, 0.4) is 0 Å². The standard InChI is InChI=1S/C20H24ClN3O4/c21-10-3-6-17(25)22-14-7-11-23(12-8-14)18(26)9-13-24-19(27)15-4-1-2-5-16(15)20(24)28/h1-2,4-5,14H,3,6-13H2,(H,22,25). The van der Waals surface area contributed by atoms with Gasteiger partial charge in [0.1, 0.15) is 0 Å². The summed E-state index contributed by atoms with van der Waals surface area (Å²) < 4.78 is 0. The van der Waals surface area contributed by atoms with E-state index in [0.717, 1.165) is 4.90 Å². The van der Waals surface area contributed by atoms with Gasteiger partial charge in [-0.05, 0) is 31.4 Å². The van der Waals surface area contributed by atoms with Crippen LogP contribution in [0.25, 0.3) is 0 Å². The number of benzene rings is 1. The normalized spacial score (nSPS) is 17.0. The Kier molecular flexibility index (Phi) is 6.67. The molecule has 0 unspecified atom stereocenters. The minimum absolute atomic E-state index is 0.00366. The molecular formula is C20H24ClN3O4. The summed E-state index contributed by atoms with van der Waals surface area (Å²) in [6, 6.07) is 6.77. The van der Waals surface area contributed by atoms with Gasteiger partial charge in [0.25, 0.3) is 11.8 Å². The molecule has 0 aromatic heterocycles. The number of nitrogens with zero attached hydrogens (tertiary/aromatic N) is 2. The van der Waals surface area contributed by atoms with Crippen molar-refractivity contribution in [2.75, 3.05) is 25.5 Å². The van der Waals surface area contributed by atoms with Crippen LogP contribution < -0.4 is 5.32 Å². The number of imide groups is 1. The number of piperidine rings is 1. The van der Waals surface area contributed by atoms with E-state index in [9.17, 15) is 19.2 Å². The summed E-state index contributed by atoms with van der Waals surface area (Å²) in [7, 11) is 0. The molecule has 1 aromatic carbocycles. The number of fused-ring (bicyclic) bond motifs is 1. The second-order valence-electron chi connectivity index (χ2n) is 7.07. The van der Waals surface area contributed by atoms with Crippen molar-refractivity contribution in [3.63, 3.8) is 0 Å². The number of alkyl halides is 1. The van der Waals surface area contributed by atoms with Crippen molar-refractivity contribution < 1.29 is 19.2 Å². The lowest BCUT2D eigenvalue weighted by molar-refractivity contribution is -0.132. The second-order valence-corrected chi connectivity index (χ2v) is 7.45. The number of hydrogen-bond donors (Lipinski definition) is 1. The van der Waals surface area contributed by atoms with Crippen LogP contribution in [0.15, 0.2) is 24.3 Å². The molecule has 3 rings (SSSR count). The number of carbonyl (C=O) groups is 4. The van der Waals surface area contributed by atoms with Gasteiger partial charge in [-0.2, -0.15) is 0 Å². The molecule has 0 atom stereocenters. The van der Waals surface area contributed by atoms with Crippen LogP contribution in [0.1, 0.15) is 52.8 Å². The molecule has 1 aromatic rings. The van der Waals surface area contributed by atoms with Gasteiger partial charge in [-0.15, -0.1) is 11.6 Å². The SMILES string of the molecule is O=C(CCCCl)NC1CCN(C(=O)CCN2C(=O)c3ccccc3C2=O)CC1. The number of hydrogen-bond acceptors (Lipinski definition) is 4. The molecule has 0 bridgehead atoms. The van der Waals surface area contributed by atoms with Crippen LogP contribution in [-0.2, 0) is 9.59 Å². The molecule has 0 radical (unpaired) electrons. The summed E-state index contributed by atoms with van der Waals surface area (Å²) >= 11 is 5.59. The molecule has 4 amide bonds. The van der Waals surface area contributed by atoms with E-state index in [1.807, 2.05) is 0 Å². The maximum Gasteiger partial charge on any atom is 0.261 e. The Morgan fingerprint density at radius 2 is 1.64 bits per heavy atom. The quantitative estimate of drug-likeness (QED) is 0.553. The fourth-order valence-corrected chi connectivity index (χ4v) is 3.74. The van der Waals surface area contributed by atoms with Gasteiger partial charge in [0, 0.05) is 44.4 Å². The highest BCUT2D eigenvalue weighted by Gasteiger charge is 2.35. The molecule has 150 valence electrons. The predicted octanol–water partition coefficient (Wildman–Crippen LogP) is 1.80. The van der Waals surface area contributed by atoms with Crippen LogP contribution in [0.2, 0.25) is 0 Å². The number of amides is 4. The summed E-state index contributed by atoms with van der Waals surface area (Å²) in [5.74, 6) is -0.300. The van der Waals surface area contributed by atoms with E-state index in [4.69, 9.17) is 11.6 Å². The zero-order valence-corrected chi connectivity index (χ0v) is 16.4. The van der Waals surface area contributed by atoms with Crippen molar-refractivity contribution in [1.29, 1.82) is 0 Å². The lowest BCUT2D eigenvalue weighted by Gasteiger charge is -2.32. The monoisotopic (exact) mass is 405 g/mol. The molecule has 0 spiro atoms. The van der Waals surface area contributed by atoms with Gasteiger partial charge in [-0.25, -0.2) is 0 Å². The first-order valence-corrected chi connectivity index (χ1v) is 10.1. The molecule has 2 heterocycles. The molecule has 1 saturated heterocycles. The van der Waals surface area contributed by atoms with Gasteiger partial charge in [-0.3, -0.25) is 24.1 Å². The third-order valence-electron chi connectivity index (χ3n) is 5.18. The summed E-state index contributed by atoms with van der Waals surface area (Å²) in [4.78, 5) is 51.8. The van der Waals surface area contributed by atoms with Gasteiger partial charge in [-0.1, -0.05) is 12.1 Å². The molecule has 0 aliphatic carbocycles. The summed E-state index contributed by atoms with van der Waals surface area (Å²) in [5, 5.41) is 2.98. The largest absolute Gasteiger partial charge is 0.353 e. The number of nitrogens with one attached hydrogen (secondary N) is 1. The minimum Gasteiger partial charge on any atom is -0.353 e. The Hall–Kier alpha value is -2.41. The highest BCUT2D eigenvalue weighted by molar-refractivity contribution is 6.21. The highest BCUT2D eigenvalue weighted by Crippen LogP contribution is 2.22. The first-order chi connectivity index (χ1) is 13.5. The van der Waals surface area contributed by atoms with Crippen LogP contribution in [-0.4, -0.2) is 65.0 Å². The van der Waals surface area contributed by atoms with Gasteiger partial charge >= 0.3 is 0 Å². The molecular weight excluding hydrogens is 382 g/mol. The molecule has 2 aliphatic heterocycles. The number of halogens is 1. The molecule has 2 aliphatic rings. The van der Waals surface area contributed by atoms with E-state index in [0.29, 0.717) is 55.8 Å². The Morgan fingerprint density at radius 3 is 2.21 bits per heavy atom. The van der Waals surface area contributed by atoms with Gasteiger partial charge in [0.05, 0.1) is 11.1 Å². The van der Waals surface area contributed by atoms with E-state index in [1.165, 1.54) is 0 Å². The predicted molar refractivity (Wildman–Crippen MR) is 104 cm³/mol. The maximum atomic E-state index is 12.5. The maximum absolute atomic E-state index is 12.5. The Labute approximate surface area is 169 Å². The van der Waals surface area contributed by atoms with Crippen LogP contribution in [0.5, 0.6) is 0 Å². The third kappa shape index (κ3) is 4.52. The van der Waals surface area contributed by atoms with Crippen molar-refractivity contribution >= 4 is 35.2 Å². The van der Waals surface area contributed by atoms with Crippen LogP contribution >= 0.6 is 11.6 Å². The molecule has 8 heteroatoms. The molecule has 28 heavy (non-hydrogen) atoms. The van der Waals surface area contributed by atoms with E-state index >= 15 is 0 Å². The lowest BCUT2D eigenvalue weighted by atomic mass is 10.0. The summed E-state index contributed by atoms with van der Waals surface area (Å²) in [5.41, 5.74) is 0.788. The summed E-state index contributed by atoms with van der Waals surface area (Å²) in [6.45, 7) is 1.20. The fraction of sp³-hybridized carbons (Fsp3) is 0.500. The highest BCUT2D eigenvalue weighted by atomic mass is 35.5. The van der Waals surface area contributed by atoms with Crippen molar-refractivity contribution in [3.05, 3.63) is 35.4 Å². The second kappa shape index (κ2) is 9.19. The Morgan fingerprint density at radius 1 is 1.04 bits per heavy atom. The first kappa shape index (κ1) is 20.3. The van der Waals surface area contributed by atoms with E-state index in [1.54, 1.807) is 29.2 Å². The topological polar surface area (TPSA) is 86.8 Å². The summed E-state index contributed by atoms with van der Waals surface area (Å²) in [6.07, 6.45) is 2.58. The van der Waals surface area contributed by atoms with Gasteiger partial charge in [0.2, 0.25) is 11.8 Å². The molecule has 7 nitrogen and oxygen atoms in total. The Balaban J connectivity index is 1.44. The fourth-order valence-electron chi connectivity index (χ4n) is 3.61. The third-order valence-corrected chi connectivity index (χ3v) is 5.44. The van der Waals surface area contributed by atoms with Crippen molar-refractivity contribution in [3.8, 4) is 0 Å². The Bertz CT molecular complexity index is 739. The average molecular weight is 406 g/mol. The van der Waals surface area contributed by atoms with Gasteiger partial charge < -0.3 is 10.2 Å². The smallest absolute Gasteiger partial charge is 0.261 e. The van der Waals surface area contributed by atoms with E-state index in [2.05, 4.69) is 5.32 Å². The number of likely N-dealkylation sites (tertiary alicyclic amines) is 1. The van der Waals surface area contributed by atoms with E-state index in [-0.39, 0.29) is 42.6 Å². The molecule has 1 N–H and O–H groups in total. The van der Waals surface area contributed by atoms with Crippen LogP contribution in [0.4, 0.5) is 0 Å². The zero-order chi connectivity index (χ0) is 20.1. The molecule has 1 fully saturated rings. The van der Waals surface area contributed by atoms with Crippen molar-refractivity contribution in [2.45, 2.75) is 38.1 Å². The first-order valence-electron chi connectivity index (χ1n) is 9.59. The van der Waals surface area contributed by atoms with Crippen LogP contribution in [0, 0.1) is 0 Å². The minimum atomic E-state index is -0.341. The lowest BCUT2D eigenvalue weighted by Crippen LogP contribution is -2.47. The zero-order valence-electron chi connectivity index (χ0n) is 15.7. The van der Waals surface area contributed by atoms with Crippen molar-refractivity contribution in [1.82, 2.24) is 15.1 Å². The number of rotatable bonds is 7. The van der Waals surface area contributed by atoms with Gasteiger partial charge in [0.15, 0.2) is 0 Å². The van der Waals surface area contributed by atoms with E-state index < -0.39 is 0 Å². The average Bonchev–Trinajstić information content (AvgIpc) is 2.95. The number of carbonyl (C=O) groups excluding carboxylic acids is 4. The molecule has 0 saturated carbocycles. The van der Waals surface area contributed by atoms with Crippen molar-refractivity contribution in [2.24, 2.45) is 0 Å².